The molecule has 1 atom stereocenters. The molecule has 1 N–H and O–H groups in total. The molecule has 0 spiro atoms. The topological polar surface area (TPSA) is 38.8 Å². The molecule has 2 aliphatic heterocycles. The quantitative estimate of drug-likeness (QED) is 0.912. The van der Waals surface area contributed by atoms with Crippen LogP contribution in [0, 0.1) is 0 Å². The summed E-state index contributed by atoms with van der Waals surface area (Å²) in [6.45, 7) is 8.01. The number of urea groups is 1. The molecule has 1 aromatic rings. The van der Waals surface area contributed by atoms with Crippen molar-refractivity contribution in [3.8, 4) is 0 Å². The van der Waals surface area contributed by atoms with Gasteiger partial charge in [-0.25, -0.2) is 4.79 Å². The highest BCUT2D eigenvalue weighted by Crippen LogP contribution is 2.28. The molecule has 0 aliphatic carbocycles. The zero-order chi connectivity index (χ0) is 16.9. The summed E-state index contributed by atoms with van der Waals surface area (Å²) < 4.78 is 0. The van der Waals surface area contributed by atoms with Crippen LogP contribution in [0.4, 0.5) is 16.2 Å². The number of benzene rings is 1. The SMILES string of the molecule is CCC1CN(C(=O)Nc2ccccc2N2CCN(C)CC2)CCS1. The van der Waals surface area contributed by atoms with Gasteiger partial charge in [-0.1, -0.05) is 19.1 Å². The van der Waals surface area contributed by atoms with E-state index >= 15 is 0 Å². The van der Waals surface area contributed by atoms with Crippen molar-refractivity contribution in [2.45, 2.75) is 18.6 Å². The summed E-state index contributed by atoms with van der Waals surface area (Å²) in [5.74, 6) is 1.03. The fraction of sp³-hybridized carbons (Fsp3) is 0.611. The van der Waals surface area contributed by atoms with Crippen molar-refractivity contribution in [2.24, 2.45) is 0 Å². The Morgan fingerprint density at radius 2 is 1.96 bits per heavy atom. The number of carbonyl (C=O) groups excluding carboxylic acids is 1. The normalized spacial score (nSPS) is 22.5. The molecule has 3 rings (SSSR count). The predicted octanol–water partition coefficient (Wildman–Crippen LogP) is 2.80. The average Bonchev–Trinajstić information content (AvgIpc) is 2.63. The van der Waals surface area contributed by atoms with E-state index < -0.39 is 0 Å². The molecule has 24 heavy (non-hydrogen) atoms. The van der Waals surface area contributed by atoms with Crippen LogP contribution in [0.1, 0.15) is 13.3 Å². The Hall–Kier alpha value is -1.40. The van der Waals surface area contributed by atoms with Crippen LogP contribution in [0.5, 0.6) is 0 Å². The summed E-state index contributed by atoms with van der Waals surface area (Å²) in [6, 6.07) is 8.21. The third kappa shape index (κ3) is 4.16. The van der Waals surface area contributed by atoms with Crippen LogP contribution >= 0.6 is 11.8 Å². The van der Waals surface area contributed by atoms with Crippen LogP contribution in [-0.4, -0.2) is 73.1 Å². The maximum absolute atomic E-state index is 12.7. The first-order valence-electron chi connectivity index (χ1n) is 8.87. The number of carbonyl (C=O) groups is 1. The van der Waals surface area contributed by atoms with Gasteiger partial charge in [-0.15, -0.1) is 0 Å². The maximum atomic E-state index is 12.7. The number of anilines is 2. The molecule has 2 aliphatic rings. The van der Waals surface area contributed by atoms with E-state index in [2.05, 4.69) is 35.2 Å². The van der Waals surface area contributed by atoms with Gasteiger partial charge in [0.2, 0.25) is 0 Å². The Morgan fingerprint density at radius 3 is 2.71 bits per heavy atom. The summed E-state index contributed by atoms with van der Waals surface area (Å²) in [4.78, 5) is 19.4. The first-order chi connectivity index (χ1) is 11.7. The van der Waals surface area contributed by atoms with Gasteiger partial charge in [-0.2, -0.15) is 11.8 Å². The number of para-hydroxylation sites is 2. The molecular formula is C18H28N4OS. The van der Waals surface area contributed by atoms with Gasteiger partial charge in [0.05, 0.1) is 11.4 Å². The van der Waals surface area contributed by atoms with Gasteiger partial charge in [-0.3, -0.25) is 0 Å². The lowest BCUT2D eigenvalue weighted by Crippen LogP contribution is -2.46. The molecule has 2 fully saturated rings. The van der Waals surface area contributed by atoms with Gasteiger partial charge < -0.3 is 20.0 Å². The predicted molar refractivity (Wildman–Crippen MR) is 103 cm³/mol. The summed E-state index contributed by atoms with van der Waals surface area (Å²) in [6.07, 6.45) is 1.12. The minimum Gasteiger partial charge on any atom is -0.367 e. The highest BCUT2D eigenvalue weighted by atomic mass is 32.2. The van der Waals surface area contributed by atoms with Gasteiger partial charge in [0, 0.05) is 50.3 Å². The highest BCUT2D eigenvalue weighted by molar-refractivity contribution is 8.00. The summed E-state index contributed by atoms with van der Waals surface area (Å²) in [5, 5.41) is 3.72. The Labute approximate surface area is 149 Å². The van der Waals surface area contributed by atoms with Crippen LogP contribution in [0.15, 0.2) is 24.3 Å². The van der Waals surface area contributed by atoms with E-state index in [0.717, 1.165) is 62.8 Å². The Kier molecular flexibility index (Phi) is 5.89. The lowest BCUT2D eigenvalue weighted by atomic mass is 10.2. The lowest BCUT2D eigenvalue weighted by Gasteiger charge is -2.36. The number of piperazine rings is 1. The second-order valence-corrected chi connectivity index (χ2v) is 7.99. The van der Waals surface area contributed by atoms with Crippen molar-refractivity contribution >= 4 is 29.2 Å². The lowest BCUT2D eigenvalue weighted by molar-refractivity contribution is 0.213. The second-order valence-electron chi connectivity index (χ2n) is 6.58. The Bertz CT molecular complexity index is 560. The fourth-order valence-electron chi connectivity index (χ4n) is 3.25. The molecule has 2 heterocycles. The number of likely N-dealkylation sites (N-methyl/N-ethyl adjacent to an activating group) is 1. The van der Waals surface area contributed by atoms with Crippen LogP contribution in [0.2, 0.25) is 0 Å². The van der Waals surface area contributed by atoms with Crippen LogP contribution < -0.4 is 10.2 Å². The molecule has 0 bridgehead atoms. The summed E-state index contributed by atoms with van der Waals surface area (Å²) in [7, 11) is 2.16. The summed E-state index contributed by atoms with van der Waals surface area (Å²) >= 11 is 1.98. The smallest absolute Gasteiger partial charge is 0.321 e. The molecule has 1 unspecified atom stereocenters. The number of rotatable bonds is 3. The molecule has 1 aromatic carbocycles. The van der Waals surface area contributed by atoms with E-state index in [-0.39, 0.29) is 6.03 Å². The largest absolute Gasteiger partial charge is 0.367 e. The van der Waals surface area contributed by atoms with Gasteiger partial charge >= 0.3 is 6.03 Å². The monoisotopic (exact) mass is 348 g/mol. The van der Waals surface area contributed by atoms with E-state index in [1.165, 1.54) is 0 Å². The molecule has 0 aromatic heterocycles. The van der Waals surface area contributed by atoms with Crippen LogP contribution in [0.25, 0.3) is 0 Å². The van der Waals surface area contributed by atoms with Gasteiger partial charge in [-0.05, 0) is 25.6 Å². The van der Waals surface area contributed by atoms with E-state index in [1.807, 2.05) is 34.9 Å². The molecular weight excluding hydrogens is 320 g/mol. The third-order valence-corrected chi connectivity index (χ3v) is 6.24. The number of amides is 2. The zero-order valence-corrected chi connectivity index (χ0v) is 15.5. The first kappa shape index (κ1) is 17.4. The molecule has 6 heteroatoms. The third-order valence-electron chi connectivity index (χ3n) is 4.87. The molecule has 132 valence electrons. The Balaban J connectivity index is 1.67. The van der Waals surface area contributed by atoms with E-state index in [0.29, 0.717) is 5.25 Å². The molecule has 5 nitrogen and oxygen atoms in total. The van der Waals surface area contributed by atoms with E-state index in [4.69, 9.17) is 0 Å². The molecule has 0 radical (unpaired) electrons. The number of nitrogens with one attached hydrogen (secondary N) is 1. The second kappa shape index (κ2) is 8.12. The zero-order valence-electron chi connectivity index (χ0n) is 14.7. The van der Waals surface area contributed by atoms with Gasteiger partial charge in [0.15, 0.2) is 0 Å². The fourth-order valence-corrected chi connectivity index (χ4v) is 4.43. The summed E-state index contributed by atoms with van der Waals surface area (Å²) in [5.41, 5.74) is 2.07. The van der Waals surface area contributed by atoms with Crippen LogP contribution in [0.3, 0.4) is 0 Å². The highest BCUT2D eigenvalue weighted by Gasteiger charge is 2.24. The molecule has 2 saturated heterocycles. The first-order valence-corrected chi connectivity index (χ1v) is 9.92. The minimum absolute atomic E-state index is 0.0373. The van der Waals surface area contributed by atoms with Crippen LogP contribution in [-0.2, 0) is 0 Å². The van der Waals surface area contributed by atoms with Crippen molar-refractivity contribution in [1.29, 1.82) is 0 Å². The maximum Gasteiger partial charge on any atom is 0.321 e. The van der Waals surface area contributed by atoms with Gasteiger partial charge in [0.1, 0.15) is 0 Å². The van der Waals surface area contributed by atoms with Crippen molar-refractivity contribution in [1.82, 2.24) is 9.80 Å². The Morgan fingerprint density at radius 1 is 1.21 bits per heavy atom. The molecule has 0 saturated carbocycles. The minimum atomic E-state index is 0.0373. The standard InChI is InChI=1S/C18H28N4OS/c1-3-15-14-22(12-13-24-15)18(23)19-16-6-4-5-7-17(16)21-10-8-20(2)9-11-21/h4-7,15H,3,8-14H2,1-2H3,(H,19,23). The average molecular weight is 349 g/mol. The molecule has 2 amide bonds. The number of nitrogens with zero attached hydrogens (tertiary/aromatic N) is 3. The van der Waals surface area contributed by atoms with E-state index in [1.54, 1.807) is 0 Å². The van der Waals surface area contributed by atoms with Gasteiger partial charge in [0.25, 0.3) is 0 Å². The van der Waals surface area contributed by atoms with Crippen molar-refractivity contribution in [2.75, 3.05) is 62.3 Å². The number of hydrogen-bond donors (Lipinski definition) is 1. The van der Waals surface area contributed by atoms with E-state index in [9.17, 15) is 4.79 Å². The van der Waals surface area contributed by atoms with Crippen molar-refractivity contribution in [3.63, 3.8) is 0 Å². The number of thioether (sulfide) groups is 1. The van der Waals surface area contributed by atoms with Crippen molar-refractivity contribution in [3.05, 3.63) is 24.3 Å². The van der Waals surface area contributed by atoms with Crippen molar-refractivity contribution < 1.29 is 4.79 Å². The number of hydrogen-bond acceptors (Lipinski definition) is 4.